The zero-order valence-electron chi connectivity index (χ0n) is 11.3. The van der Waals surface area contributed by atoms with Crippen molar-refractivity contribution in [1.29, 1.82) is 0 Å². The molecular formula is C14H17NO4S. The third kappa shape index (κ3) is 3.40. The van der Waals surface area contributed by atoms with Crippen LogP contribution in [0.3, 0.4) is 0 Å². The summed E-state index contributed by atoms with van der Waals surface area (Å²) in [6.45, 7) is 1.82. The highest BCUT2D eigenvalue weighted by Gasteiger charge is 2.21. The molecule has 0 fully saturated rings. The topological polar surface area (TPSA) is 82.5 Å². The molecule has 5 nitrogen and oxygen atoms in total. The highest BCUT2D eigenvalue weighted by molar-refractivity contribution is 7.90. The minimum absolute atomic E-state index is 0.250. The van der Waals surface area contributed by atoms with Gasteiger partial charge in [-0.15, -0.1) is 0 Å². The van der Waals surface area contributed by atoms with E-state index in [9.17, 15) is 8.42 Å². The van der Waals surface area contributed by atoms with Crippen LogP contribution in [0.25, 0.3) is 0 Å². The fourth-order valence-electron chi connectivity index (χ4n) is 1.79. The van der Waals surface area contributed by atoms with Crippen molar-refractivity contribution in [3.63, 3.8) is 0 Å². The van der Waals surface area contributed by atoms with Crippen LogP contribution in [0.15, 0.2) is 52.0 Å². The van der Waals surface area contributed by atoms with Gasteiger partial charge in [0.15, 0.2) is 15.9 Å². The van der Waals surface area contributed by atoms with E-state index in [1.807, 2.05) is 6.92 Å². The van der Waals surface area contributed by atoms with Gasteiger partial charge < -0.3 is 14.9 Å². The van der Waals surface area contributed by atoms with Crippen molar-refractivity contribution in [3.05, 3.63) is 48.4 Å². The zero-order chi connectivity index (χ0) is 14.8. The lowest BCUT2D eigenvalue weighted by molar-refractivity contribution is 0.153. The first-order chi connectivity index (χ1) is 9.38. The average molecular weight is 295 g/mol. The predicted octanol–water partition coefficient (Wildman–Crippen LogP) is 2.15. The van der Waals surface area contributed by atoms with Gasteiger partial charge in [-0.1, -0.05) is 0 Å². The van der Waals surface area contributed by atoms with E-state index >= 15 is 0 Å². The summed E-state index contributed by atoms with van der Waals surface area (Å²) in [5, 5.41) is 0. The van der Waals surface area contributed by atoms with E-state index in [1.165, 1.54) is 12.1 Å². The molecule has 2 atom stereocenters. The van der Waals surface area contributed by atoms with Crippen LogP contribution in [0.1, 0.15) is 18.8 Å². The molecule has 0 aliphatic rings. The number of hydrogen-bond acceptors (Lipinski definition) is 5. The summed E-state index contributed by atoms with van der Waals surface area (Å²) in [5.41, 5.74) is 5.89. The Morgan fingerprint density at radius 2 is 1.85 bits per heavy atom. The number of benzene rings is 1. The van der Waals surface area contributed by atoms with Crippen LogP contribution in [0.5, 0.6) is 5.75 Å². The van der Waals surface area contributed by atoms with Gasteiger partial charge in [0.05, 0.1) is 11.2 Å². The molecule has 20 heavy (non-hydrogen) atoms. The van der Waals surface area contributed by atoms with Crippen molar-refractivity contribution in [2.75, 3.05) is 6.26 Å². The van der Waals surface area contributed by atoms with Crippen LogP contribution in [-0.4, -0.2) is 20.7 Å². The Balaban J connectivity index is 2.20. The van der Waals surface area contributed by atoms with Gasteiger partial charge >= 0.3 is 0 Å². The van der Waals surface area contributed by atoms with Crippen molar-refractivity contribution in [3.8, 4) is 5.75 Å². The maximum atomic E-state index is 11.4. The molecular weight excluding hydrogens is 278 g/mol. The molecule has 108 valence electrons. The average Bonchev–Trinajstić information content (AvgIpc) is 2.88. The lowest BCUT2D eigenvalue weighted by Crippen LogP contribution is -2.28. The second-order valence-corrected chi connectivity index (χ2v) is 6.67. The van der Waals surface area contributed by atoms with Gasteiger partial charge in [-0.3, -0.25) is 0 Å². The van der Waals surface area contributed by atoms with Crippen LogP contribution in [0.2, 0.25) is 0 Å². The summed E-state index contributed by atoms with van der Waals surface area (Å²) in [6, 6.07) is 9.51. The first-order valence-electron chi connectivity index (χ1n) is 6.13. The molecule has 1 aromatic heterocycles. The third-order valence-corrected chi connectivity index (χ3v) is 3.94. The maximum Gasteiger partial charge on any atom is 0.175 e. The molecule has 6 heteroatoms. The fourth-order valence-corrected chi connectivity index (χ4v) is 2.42. The van der Waals surface area contributed by atoms with E-state index in [2.05, 4.69) is 0 Å². The Bertz CT molecular complexity index is 645. The number of ether oxygens (including phenoxy) is 1. The van der Waals surface area contributed by atoms with E-state index in [0.29, 0.717) is 11.5 Å². The zero-order valence-corrected chi connectivity index (χ0v) is 12.1. The second kappa shape index (κ2) is 5.68. The molecule has 1 heterocycles. The Morgan fingerprint density at radius 3 is 2.30 bits per heavy atom. The first kappa shape index (κ1) is 14.6. The van der Waals surface area contributed by atoms with Gasteiger partial charge in [0.25, 0.3) is 0 Å². The third-order valence-electron chi connectivity index (χ3n) is 2.82. The summed E-state index contributed by atoms with van der Waals surface area (Å²) >= 11 is 0. The van der Waals surface area contributed by atoms with Gasteiger partial charge in [-0.2, -0.15) is 0 Å². The molecule has 0 saturated heterocycles. The van der Waals surface area contributed by atoms with Crippen molar-refractivity contribution in [2.24, 2.45) is 5.73 Å². The standard InChI is InChI=1S/C14H17NO4S/c1-10(15)14(13-4-3-9-18-13)19-11-5-7-12(8-6-11)20(2,16)17/h3-10,14H,15H2,1-2H3. The van der Waals surface area contributed by atoms with Crippen LogP contribution in [-0.2, 0) is 9.84 Å². The molecule has 0 aliphatic carbocycles. The van der Waals surface area contributed by atoms with Crippen LogP contribution < -0.4 is 10.5 Å². The summed E-state index contributed by atoms with van der Waals surface area (Å²) in [7, 11) is -3.21. The minimum atomic E-state index is -3.21. The second-order valence-electron chi connectivity index (χ2n) is 4.66. The van der Waals surface area contributed by atoms with Crippen molar-refractivity contribution in [1.82, 2.24) is 0 Å². The lowest BCUT2D eigenvalue weighted by atomic mass is 10.1. The molecule has 2 N–H and O–H groups in total. The van der Waals surface area contributed by atoms with Crippen LogP contribution in [0, 0.1) is 0 Å². The fraction of sp³-hybridized carbons (Fsp3) is 0.286. The molecule has 0 spiro atoms. The van der Waals surface area contributed by atoms with Gasteiger partial charge in [0, 0.05) is 12.3 Å². The summed E-state index contributed by atoms with van der Waals surface area (Å²) < 4.78 is 33.9. The lowest BCUT2D eigenvalue weighted by Gasteiger charge is -2.20. The minimum Gasteiger partial charge on any atom is -0.481 e. The van der Waals surface area contributed by atoms with Crippen molar-refractivity contribution < 1.29 is 17.6 Å². The summed E-state index contributed by atoms with van der Waals surface area (Å²) in [5.74, 6) is 1.17. The molecule has 2 unspecified atom stereocenters. The maximum absolute atomic E-state index is 11.4. The highest BCUT2D eigenvalue weighted by Crippen LogP contribution is 2.25. The molecule has 0 aliphatic heterocycles. The van der Waals surface area contributed by atoms with Gasteiger partial charge in [0.2, 0.25) is 0 Å². The molecule has 1 aromatic carbocycles. The predicted molar refractivity (Wildman–Crippen MR) is 75.3 cm³/mol. The number of hydrogen-bond donors (Lipinski definition) is 1. The van der Waals surface area contributed by atoms with Crippen molar-refractivity contribution in [2.45, 2.75) is 24.0 Å². The van der Waals surface area contributed by atoms with Gasteiger partial charge in [0.1, 0.15) is 11.5 Å². The van der Waals surface area contributed by atoms with Crippen LogP contribution in [0.4, 0.5) is 0 Å². The van der Waals surface area contributed by atoms with E-state index in [-0.39, 0.29) is 10.9 Å². The first-order valence-corrected chi connectivity index (χ1v) is 8.03. The Hall–Kier alpha value is -1.79. The number of nitrogens with two attached hydrogens (primary N) is 1. The monoisotopic (exact) mass is 295 g/mol. The Labute approximate surface area is 118 Å². The number of rotatable bonds is 5. The van der Waals surface area contributed by atoms with E-state index in [0.717, 1.165) is 6.26 Å². The van der Waals surface area contributed by atoms with Gasteiger partial charge in [-0.25, -0.2) is 8.42 Å². The molecule has 0 bridgehead atoms. The van der Waals surface area contributed by atoms with Gasteiger partial charge in [-0.05, 0) is 43.3 Å². The summed E-state index contributed by atoms with van der Waals surface area (Å²) in [4.78, 5) is 0.250. The van der Waals surface area contributed by atoms with E-state index < -0.39 is 15.9 Å². The number of sulfone groups is 1. The smallest absolute Gasteiger partial charge is 0.175 e. The SMILES string of the molecule is CC(N)C(Oc1ccc(S(C)(=O)=O)cc1)c1ccco1. The molecule has 0 amide bonds. The largest absolute Gasteiger partial charge is 0.481 e. The van der Waals surface area contributed by atoms with Crippen LogP contribution >= 0.6 is 0 Å². The summed E-state index contributed by atoms with van der Waals surface area (Å²) in [6.07, 6.45) is 2.30. The molecule has 2 aromatic rings. The Morgan fingerprint density at radius 1 is 1.20 bits per heavy atom. The quantitative estimate of drug-likeness (QED) is 0.914. The number of furan rings is 1. The highest BCUT2D eigenvalue weighted by atomic mass is 32.2. The van der Waals surface area contributed by atoms with Crippen molar-refractivity contribution >= 4 is 9.84 Å². The molecule has 2 rings (SSSR count). The van der Waals surface area contributed by atoms with E-state index in [1.54, 1.807) is 30.5 Å². The van der Waals surface area contributed by atoms with E-state index in [4.69, 9.17) is 14.9 Å². The molecule has 0 radical (unpaired) electrons. The molecule has 0 saturated carbocycles. The Kier molecular flexibility index (Phi) is 4.15. The normalized spacial score (nSPS) is 14.8.